The van der Waals surface area contributed by atoms with E-state index in [1.165, 1.54) is 15.7 Å². The number of hydrogen-bond acceptors (Lipinski definition) is 2. The molecule has 1 heterocycles. The zero-order valence-corrected chi connectivity index (χ0v) is 9.03. The summed E-state index contributed by atoms with van der Waals surface area (Å²) in [6, 6.07) is 7.08. The Kier molecular flexibility index (Phi) is 2.09. The van der Waals surface area contributed by atoms with Crippen LogP contribution in [0.25, 0.3) is 0 Å². The second kappa shape index (κ2) is 3.17. The summed E-state index contributed by atoms with van der Waals surface area (Å²) in [4.78, 5) is 0. The summed E-state index contributed by atoms with van der Waals surface area (Å²) < 4.78 is 26.3. The van der Waals surface area contributed by atoms with Crippen LogP contribution in [0.3, 0.4) is 0 Å². The van der Waals surface area contributed by atoms with Gasteiger partial charge in [0.05, 0.1) is 17.9 Å². The van der Waals surface area contributed by atoms with Crippen molar-refractivity contribution in [2.75, 3.05) is 22.2 Å². The maximum atomic E-state index is 11.9. The SMILES string of the molecule is C#CCN1c2ccccc2N(C)S1(=O)=O. The lowest BCUT2D eigenvalue weighted by Gasteiger charge is -2.15. The van der Waals surface area contributed by atoms with E-state index in [-0.39, 0.29) is 6.54 Å². The maximum Gasteiger partial charge on any atom is 0.327 e. The first-order chi connectivity index (χ1) is 7.09. The molecular weight excluding hydrogens is 212 g/mol. The van der Waals surface area contributed by atoms with E-state index in [9.17, 15) is 8.42 Å². The lowest BCUT2D eigenvalue weighted by Crippen LogP contribution is -2.35. The number of benzene rings is 1. The Morgan fingerprint density at radius 3 is 2.53 bits per heavy atom. The van der Waals surface area contributed by atoms with Crippen molar-refractivity contribution < 1.29 is 8.42 Å². The molecule has 1 aromatic carbocycles. The van der Waals surface area contributed by atoms with Gasteiger partial charge in [-0.3, -0.25) is 4.31 Å². The van der Waals surface area contributed by atoms with Crippen LogP contribution in [-0.4, -0.2) is 22.0 Å². The Balaban J connectivity index is 2.63. The summed E-state index contributed by atoms with van der Waals surface area (Å²) in [5, 5.41) is 0. The van der Waals surface area contributed by atoms with Crippen LogP contribution in [0.5, 0.6) is 0 Å². The van der Waals surface area contributed by atoms with Crippen LogP contribution in [0.4, 0.5) is 11.4 Å². The van der Waals surface area contributed by atoms with E-state index in [4.69, 9.17) is 6.42 Å². The summed E-state index contributed by atoms with van der Waals surface area (Å²) in [7, 11) is -1.94. The van der Waals surface area contributed by atoms with Crippen molar-refractivity contribution in [3.05, 3.63) is 24.3 Å². The van der Waals surface area contributed by atoms with E-state index in [2.05, 4.69) is 5.92 Å². The summed E-state index contributed by atoms with van der Waals surface area (Å²) >= 11 is 0. The van der Waals surface area contributed by atoms with Crippen LogP contribution >= 0.6 is 0 Å². The third-order valence-electron chi connectivity index (χ3n) is 2.35. The third kappa shape index (κ3) is 1.26. The fraction of sp³-hybridized carbons (Fsp3) is 0.200. The zero-order valence-electron chi connectivity index (χ0n) is 8.21. The molecule has 5 heteroatoms. The zero-order chi connectivity index (χ0) is 11.1. The van der Waals surface area contributed by atoms with Gasteiger partial charge in [0.25, 0.3) is 0 Å². The Morgan fingerprint density at radius 2 is 1.93 bits per heavy atom. The minimum atomic E-state index is -3.46. The highest BCUT2D eigenvalue weighted by Gasteiger charge is 2.36. The Labute approximate surface area is 89.3 Å². The number of terminal acetylenes is 1. The first-order valence-corrected chi connectivity index (χ1v) is 5.78. The van der Waals surface area contributed by atoms with Crippen molar-refractivity contribution in [3.63, 3.8) is 0 Å². The van der Waals surface area contributed by atoms with Gasteiger partial charge in [0, 0.05) is 7.05 Å². The van der Waals surface area contributed by atoms with Gasteiger partial charge in [-0.2, -0.15) is 8.42 Å². The highest BCUT2D eigenvalue weighted by molar-refractivity contribution is 7.94. The Hall–Kier alpha value is -1.67. The molecule has 0 unspecified atom stereocenters. The number of nitrogens with zero attached hydrogens (tertiary/aromatic N) is 2. The van der Waals surface area contributed by atoms with E-state index in [0.717, 1.165) is 0 Å². The second-order valence-electron chi connectivity index (χ2n) is 3.17. The molecule has 78 valence electrons. The van der Waals surface area contributed by atoms with Gasteiger partial charge >= 0.3 is 10.2 Å². The minimum Gasteiger partial charge on any atom is -0.254 e. The summed E-state index contributed by atoms with van der Waals surface area (Å²) in [5.41, 5.74) is 1.30. The van der Waals surface area contributed by atoms with Crippen LogP contribution in [0, 0.1) is 12.3 Å². The summed E-state index contributed by atoms with van der Waals surface area (Å²) in [6.45, 7) is 0.0592. The first-order valence-electron chi connectivity index (χ1n) is 4.38. The van der Waals surface area contributed by atoms with Crippen LogP contribution in [0.2, 0.25) is 0 Å². The Bertz CT molecular complexity index is 531. The lowest BCUT2D eigenvalue weighted by atomic mass is 10.2. The second-order valence-corrected chi connectivity index (χ2v) is 5.06. The van der Waals surface area contributed by atoms with Crippen LogP contribution in [0.15, 0.2) is 24.3 Å². The van der Waals surface area contributed by atoms with Crippen LogP contribution < -0.4 is 8.61 Å². The molecule has 0 saturated carbocycles. The summed E-state index contributed by atoms with van der Waals surface area (Å²) in [6.07, 6.45) is 5.16. The van der Waals surface area contributed by atoms with Crippen LogP contribution in [-0.2, 0) is 10.2 Å². The number of para-hydroxylation sites is 2. The molecule has 0 atom stereocenters. The molecule has 4 nitrogen and oxygen atoms in total. The van der Waals surface area contributed by atoms with E-state index >= 15 is 0 Å². The standard InChI is InChI=1S/C10H10N2O2S/c1-3-8-12-10-7-5-4-6-9(10)11(2)15(12,13)14/h1,4-7H,8H2,2H3. The van der Waals surface area contributed by atoms with E-state index in [1.807, 2.05) is 0 Å². The van der Waals surface area contributed by atoms with Gasteiger partial charge in [-0.05, 0) is 12.1 Å². The van der Waals surface area contributed by atoms with Crippen molar-refractivity contribution >= 4 is 21.6 Å². The topological polar surface area (TPSA) is 40.6 Å². The molecule has 0 radical (unpaired) electrons. The first kappa shape index (κ1) is 9.87. The van der Waals surface area contributed by atoms with E-state index in [0.29, 0.717) is 11.4 Å². The van der Waals surface area contributed by atoms with Gasteiger partial charge in [-0.25, -0.2) is 4.31 Å². The molecule has 0 N–H and O–H groups in total. The van der Waals surface area contributed by atoms with Gasteiger partial charge in [0.15, 0.2) is 0 Å². The molecule has 0 bridgehead atoms. The number of fused-ring (bicyclic) bond motifs is 1. The fourth-order valence-corrected chi connectivity index (χ4v) is 2.93. The average Bonchev–Trinajstić information content (AvgIpc) is 2.41. The number of rotatable bonds is 1. The van der Waals surface area contributed by atoms with Crippen molar-refractivity contribution in [2.24, 2.45) is 0 Å². The van der Waals surface area contributed by atoms with E-state index < -0.39 is 10.2 Å². The highest BCUT2D eigenvalue weighted by atomic mass is 32.2. The molecule has 0 amide bonds. The lowest BCUT2D eigenvalue weighted by molar-refractivity contribution is 0.594. The average molecular weight is 222 g/mol. The fourth-order valence-electron chi connectivity index (χ4n) is 1.59. The molecule has 1 aliphatic heterocycles. The van der Waals surface area contributed by atoms with E-state index in [1.54, 1.807) is 24.3 Å². The molecule has 0 aliphatic carbocycles. The van der Waals surface area contributed by atoms with Gasteiger partial charge in [-0.15, -0.1) is 6.42 Å². The van der Waals surface area contributed by atoms with Gasteiger partial charge < -0.3 is 0 Å². The summed E-state index contributed by atoms with van der Waals surface area (Å²) in [5.74, 6) is 2.35. The minimum absolute atomic E-state index is 0.0592. The maximum absolute atomic E-state index is 11.9. The molecule has 0 spiro atoms. The monoisotopic (exact) mass is 222 g/mol. The highest BCUT2D eigenvalue weighted by Crippen LogP contribution is 2.38. The van der Waals surface area contributed by atoms with Gasteiger partial charge in [0.1, 0.15) is 0 Å². The molecule has 1 aromatic rings. The van der Waals surface area contributed by atoms with Gasteiger partial charge in [-0.1, -0.05) is 18.1 Å². The molecule has 0 saturated heterocycles. The van der Waals surface area contributed by atoms with Gasteiger partial charge in [0.2, 0.25) is 0 Å². The smallest absolute Gasteiger partial charge is 0.254 e. The molecule has 0 aromatic heterocycles. The quantitative estimate of drug-likeness (QED) is 0.660. The van der Waals surface area contributed by atoms with Crippen LogP contribution in [0.1, 0.15) is 0 Å². The molecular formula is C10H10N2O2S. The predicted molar refractivity (Wildman–Crippen MR) is 59.9 cm³/mol. The van der Waals surface area contributed by atoms with Crippen molar-refractivity contribution in [1.29, 1.82) is 0 Å². The third-order valence-corrected chi connectivity index (χ3v) is 4.12. The molecule has 2 rings (SSSR count). The normalized spacial score (nSPS) is 17.3. The number of anilines is 2. The van der Waals surface area contributed by atoms with Crippen molar-refractivity contribution in [1.82, 2.24) is 0 Å². The largest absolute Gasteiger partial charge is 0.327 e. The molecule has 1 aliphatic rings. The Morgan fingerprint density at radius 1 is 1.33 bits per heavy atom. The molecule has 0 fully saturated rings. The van der Waals surface area contributed by atoms with Crippen molar-refractivity contribution in [3.8, 4) is 12.3 Å². The number of hydrogen-bond donors (Lipinski definition) is 0. The molecule has 15 heavy (non-hydrogen) atoms. The predicted octanol–water partition coefficient (Wildman–Crippen LogP) is 0.821. The van der Waals surface area contributed by atoms with Crippen molar-refractivity contribution in [2.45, 2.75) is 0 Å².